The van der Waals surface area contributed by atoms with Gasteiger partial charge in [0, 0.05) is 11.8 Å². The van der Waals surface area contributed by atoms with Crippen LogP contribution in [0.1, 0.15) is 36.3 Å². The molecule has 0 saturated heterocycles. The van der Waals surface area contributed by atoms with Crippen molar-refractivity contribution in [3.8, 4) is 5.75 Å². The van der Waals surface area contributed by atoms with E-state index >= 15 is 0 Å². The van der Waals surface area contributed by atoms with Crippen molar-refractivity contribution in [3.63, 3.8) is 0 Å². The van der Waals surface area contributed by atoms with Crippen LogP contribution in [0.4, 0.5) is 0 Å². The molecule has 30 heavy (non-hydrogen) atoms. The predicted octanol–water partition coefficient (Wildman–Crippen LogP) is 4.53. The molecule has 0 radical (unpaired) electrons. The maximum Gasteiger partial charge on any atom is 0.148 e. The van der Waals surface area contributed by atoms with Gasteiger partial charge >= 0.3 is 0 Å². The van der Waals surface area contributed by atoms with Gasteiger partial charge < -0.3 is 4.74 Å². The highest BCUT2D eigenvalue weighted by Gasteiger charge is 2.28. The van der Waals surface area contributed by atoms with E-state index in [1.54, 1.807) is 0 Å². The van der Waals surface area contributed by atoms with Gasteiger partial charge in [-0.15, -0.1) is 5.10 Å². The minimum Gasteiger partial charge on any atom is -0.487 e. The summed E-state index contributed by atoms with van der Waals surface area (Å²) in [5.74, 6) is 3.11. The molecule has 1 fully saturated rings. The smallest absolute Gasteiger partial charge is 0.148 e. The zero-order valence-corrected chi connectivity index (χ0v) is 16.9. The molecule has 0 bridgehead atoms. The first-order chi connectivity index (χ1) is 14.8. The van der Waals surface area contributed by atoms with Gasteiger partial charge in [-0.25, -0.2) is 10.1 Å². The van der Waals surface area contributed by atoms with Crippen LogP contribution >= 0.6 is 0 Å². The number of nitrogens with zero attached hydrogens (tertiary/aromatic N) is 4. The van der Waals surface area contributed by atoms with Crippen molar-refractivity contribution < 1.29 is 4.74 Å². The standard InChI is InChI=1S/C24H25N5O/c1-2-7-23-18(4-1)10-11-21(25-23)16-30-22-12-8-17(9-13-22)14-19-5-3-6-20(19)15-24-26-28-29-27-24/h1-2,4,7-13,19-20H,3,5-6,14-16H2,(H,26,27,28,29). The molecule has 2 atom stereocenters. The Hall–Kier alpha value is -3.28. The lowest BCUT2D eigenvalue weighted by atomic mass is 9.87. The average molecular weight is 399 g/mol. The van der Waals surface area contributed by atoms with Crippen LogP contribution in [0.2, 0.25) is 0 Å². The van der Waals surface area contributed by atoms with E-state index in [0.29, 0.717) is 18.4 Å². The first kappa shape index (κ1) is 18.7. The Morgan fingerprint density at radius 2 is 1.73 bits per heavy atom. The van der Waals surface area contributed by atoms with Crippen molar-refractivity contribution >= 4 is 10.9 Å². The lowest BCUT2D eigenvalue weighted by Crippen LogP contribution is -2.14. The Morgan fingerprint density at radius 3 is 2.57 bits per heavy atom. The number of aromatic amines is 1. The zero-order valence-electron chi connectivity index (χ0n) is 16.9. The highest BCUT2D eigenvalue weighted by molar-refractivity contribution is 5.78. The second-order valence-electron chi connectivity index (χ2n) is 8.14. The van der Waals surface area contributed by atoms with E-state index in [1.807, 2.05) is 24.3 Å². The third-order valence-corrected chi connectivity index (χ3v) is 6.13. The summed E-state index contributed by atoms with van der Waals surface area (Å²) in [5.41, 5.74) is 3.30. The molecular weight excluding hydrogens is 374 g/mol. The summed E-state index contributed by atoms with van der Waals surface area (Å²) in [7, 11) is 0. The summed E-state index contributed by atoms with van der Waals surface area (Å²) >= 11 is 0. The highest BCUT2D eigenvalue weighted by Crippen LogP contribution is 2.36. The molecule has 1 aliphatic carbocycles. The van der Waals surface area contributed by atoms with Gasteiger partial charge in [0.15, 0.2) is 0 Å². The van der Waals surface area contributed by atoms with E-state index in [9.17, 15) is 0 Å². The number of rotatable bonds is 7. The van der Waals surface area contributed by atoms with E-state index in [0.717, 1.165) is 41.0 Å². The maximum atomic E-state index is 5.97. The fraction of sp³-hybridized carbons (Fsp3) is 0.333. The van der Waals surface area contributed by atoms with Crippen molar-refractivity contribution in [2.75, 3.05) is 0 Å². The lowest BCUT2D eigenvalue weighted by Gasteiger charge is -2.18. The van der Waals surface area contributed by atoms with Crippen LogP contribution in [0.5, 0.6) is 5.75 Å². The molecule has 4 aromatic rings. The van der Waals surface area contributed by atoms with E-state index in [1.165, 1.54) is 24.8 Å². The fourth-order valence-electron chi connectivity index (χ4n) is 4.54. The second kappa shape index (κ2) is 8.61. The van der Waals surface area contributed by atoms with Gasteiger partial charge in [-0.1, -0.05) is 42.8 Å². The van der Waals surface area contributed by atoms with Gasteiger partial charge in [0.1, 0.15) is 18.2 Å². The molecule has 2 aromatic heterocycles. The van der Waals surface area contributed by atoms with Crippen molar-refractivity contribution in [3.05, 3.63) is 77.7 Å². The van der Waals surface area contributed by atoms with Crippen molar-refractivity contribution in [2.24, 2.45) is 11.8 Å². The number of nitrogens with one attached hydrogen (secondary N) is 1. The minimum atomic E-state index is 0.472. The summed E-state index contributed by atoms with van der Waals surface area (Å²) in [6.45, 7) is 0.472. The first-order valence-electron chi connectivity index (χ1n) is 10.6. The number of tetrazole rings is 1. The maximum absolute atomic E-state index is 5.97. The Labute approximate surface area is 175 Å². The molecule has 6 heteroatoms. The van der Waals surface area contributed by atoms with Crippen molar-refractivity contribution in [1.29, 1.82) is 0 Å². The van der Waals surface area contributed by atoms with E-state index in [2.05, 4.69) is 62.0 Å². The van der Waals surface area contributed by atoms with Gasteiger partial charge in [0.05, 0.1) is 11.2 Å². The number of ether oxygens (including phenoxy) is 1. The Morgan fingerprint density at radius 1 is 0.900 bits per heavy atom. The third kappa shape index (κ3) is 4.32. The van der Waals surface area contributed by atoms with Crippen LogP contribution in [-0.2, 0) is 19.4 Å². The van der Waals surface area contributed by atoms with Gasteiger partial charge in [0.2, 0.25) is 0 Å². The van der Waals surface area contributed by atoms with E-state index < -0.39 is 0 Å². The van der Waals surface area contributed by atoms with Crippen LogP contribution in [0, 0.1) is 11.8 Å². The van der Waals surface area contributed by atoms with E-state index in [4.69, 9.17) is 4.74 Å². The summed E-state index contributed by atoms with van der Waals surface area (Å²) in [4.78, 5) is 4.67. The Bertz CT molecular complexity index is 1090. The Balaban J connectivity index is 1.18. The number of aromatic nitrogens is 5. The lowest BCUT2D eigenvalue weighted by molar-refractivity contribution is 0.301. The molecule has 2 heterocycles. The number of benzene rings is 2. The normalized spacial score (nSPS) is 18.7. The summed E-state index contributed by atoms with van der Waals surface area (Å²) in [5, 5.41) is 15.5. The van der Waals surface area contributed by atoms with Crippen LogP contribution in [-0.4, -0.2) is 25.6 Å². The zero-order chi connectivity index (χ0) is 20.2. The first-order valence-corrected chi connectivity index (χ1v) is 10.6. The van der Waals surface area contributed by atoms with Crippen molar-refractivity contribution in [1.82, 2.24) is 25.6 Å². The highest BCUT2D eigenvalue weighted by atomic mass is 16.5. The van der Waals surface area contributed by atoms with Crippen LogP contribution < -0.4 is 4.74 Å². The molecule has 1 N–H and O–H groups in total. The molecule has 1 saturated carbocycles. The largest absolute Gasteiger partial charge is 0.487 e. The number of para-hydroxylation sites is 1. The Kier molecular flexibility index (Phi) is 5.38. The molecule has 5 rings (SSSR count). The minimum absolute atomic E-state index is 0.472. The van der Waals surface area contributed by atoms with Gasteiger partial charge in [-0.2, -0.15) is 0 Å². The van der Waals surface area contributed by atoms with Crippen LogP contribution in [0.3, 0.4) is 0 Å². The molecule has 0 spiro atoms. The van der Waals surface area contributed by atoms with Crippen LogP contribution in [0.25, 0.3) is 10.9 Å². The molecule has 2 unspecified atom stereocenters. The van der Waals surface area contributed by atoms with Gasteiger partial charge in [0.25, 0.3) is 0 Å². The second-order valence-corrected chi connectivity index (χ2v) is 8.14. The molecule has 0 amide bonds. The predicted molar refractivity (Wildman–Crippen MR) is 115 cm³/mol. The number of pyridine rings is 1. The average Bonchev–Trinajstić information content (AvgIpc) is 3.46. The molecule has 1 aliphatic rings. The van der Waals surface area contributed by atoms with E-state index in [-0.39, 0.29) is 0 Å². The molecule has 6 nitrogen and oxygen atoms in total. The fourth-order valence-corrected chi connectivity index (χ4v) is 4.54. The number of fused-ring (bicyclic) bond motifs is 1. The number of hydrogen-bond donors (Lipinski definition) is 1. The van der Waals surface area contributed by atoms with Gasteiger partial charge in [-0.05, 0) is 71.4 Å². The van der Waals surface area contributed by atoms with Crippen molar-refractivity contribution in [2.45, 2.75) is 38.7 Å². The summed E-state index contributed by atoms with van der Waals surface area (Å²) < 4.78 is 5.97. The SMILES string of the molecule is c1ccc2nc(COc3ccc(CC4CCCC4Cc4nnn[nH]4)cc3)ccc2c1. The summed E-state index contributed by atoms with van der Waals surface area (Å²) in [6, 6.07) is 20.8. The van der Waals surface area contributed by atoms with Crippen LogP contribution in [0.15, 0.2) is 60.7 Å². The molecular formula is C24H25N5O. The topological polar surface area (TPSA) is 76.6 Å². The molecule has 0 aliphatic heterocycles. The monoisotopic (exact) mass is 399 g/mol. The molecule has 2 aromatic carbocycles. The number of H-pyrrole nitrogens is 1. The van der Waals surface area contributed by atoms with Gasteiger partial charge in [-0.3, -0.25) is 0 Å². The summed E-state index contributed by atoms with van der Waals surface area (Å²) in [6.07, 6.45) is 5.86. The third-order valence-electron chi connectivity index (χ3n) is 6.13. The molecule has 152 valence electrons. The number of hydrogen-bond acceptors (Lipinski definition) is 5. The quantitative estimate of drug-likeness (QED) is 0.494.